The Kier molecular flexibility index (Phi) is 4.68. The molecule has 1 aromatic heterocycles. The van der Waals surface area contributed by atoms with Crippen molar-refractivity contribution in [1.82, 2.24) is 14.9 Å². The Morgan fingerprint density at radius 1 is 1.47 bits per heavy atom. The lowest BCUT2D eigenvalue weighted by Crippen LogP contribution is -2.41. The lowest BCUT2D eigenvalue weighted by molar-refractivity contribution is 0.0358. The number of rotatable bonds is 4. The molecule has 2 rings (SSSR count). The zero-order valence-electron chi connectivity index (χ0n) is 11.4. The third-order valence-corrected chi connectivity index (χ3v) is 3.27. The monoisotopic (exact) mass is 264 g/mol. The predicted molar refractivity (Wildman–Crippen MR) is 72.1 cm³/mol. The molecule has 1 saturated heterocycles. The van der Waals surface area contributed by atoms with E-state index in [1.807, 2.05) is 14.0 Å². The highest BCUT2D eigenvalue weighted by atomic mass is 16.5. The Bertz CT molecular complexity index is 432. The van der Waals surface area contributed by atoms with Crippen molar-refractivity contribution < 1.29 is 9.53 Å². The van der Waals surface area contributed by atoms with Crippen molar-refractivity contribution in [2.24, 2.45) is 0 Å². The van der Waals surface area contributed by atoms with E-state index in [1.54, 1.807) is 11.1 Å². The molecule has 1 aromatic rings. The van der Waals surface area contributed by atoms with Gasteiger partial charge in [0, 0.05) is 32.8 Å². The van der Waals surface area contributed by atoms with Crippen LogP contribution >= 0.6 is 0 Å². The molecule has 1 amide bonds. The summed E-state index contributed by atoms with van der Waals surface area (Å²) in [6, 6.07) is 0.228. The van der Waals surface area contributed by atoms with E-state index in [9.17, 15) is 4.79 Å². The molecule has 0 bridgehead atoms. The number of anilines is 1. The zero-order valence-corrected chi connectivity index (χ0v) is 11.4. The number of aromatic nitrogens is 2. The first-order chi connectivity index (χ1) is 9.22. The van der Waals surface area contributed by atoms with Crippen LogP contribution in [0.25, 0.3) is 0 Å². The lowest BCUT2D eigenvalue weighted by atomic mass is 10.1. The van der Waals surface area contributed by atoms with Crippen LogP contribution < -0.4 is 5.32 Å². The first-order valence-corrected chi connectivity index (χ1v) is 6.63. The van der Waals surface area contributed by atoms with Crippen LogP contribution in [0.15, 0.2) is 12.4 Å². The highest BCUT2D eigenvalue weighted by Gasteiger charge is 2.24. The standard InChI is InChI=1S/C13H20N4O2/c1-3-15-12-9-14-8-11(16-12)13(18)17(2)10-4-6-19-7-5-10/h8-10H,3-7H2,1-2H3,(H,15,16). The molecule has 0 atom stereocenters. The van der Waals surface area contributed by atoms with Gasteiger partial charge in [-0.3, -0.25) is 9.78 Å². The van der Waals surface area contributed by atoms with Crippen LogP contribution in [0.4, 0.5) is 5.82 Å². The van der Waals surface area contributed by atoms with E-state index in [0.717, 1.165) is 19.4 Å². The molecule has 1 fully saturated rings. The van der Waals surface area contributed by atoms with Crippen molar-refractivity contribution in [3.8, 4) is 0 Å². The van der Waals surface area contributed by atoms with Crippen molar-refractivity contribution in [2.45, 2.75) is 25.8 Å². The quantitative estimate of drug-likeness (QED) is 0.884. The van der Waals surface area contributed by atoms with E-state index in [4.69, 9.17) is 4.74 Å². The maximum Gasteiger partial charge on any atom is 0.274 e. The van der Waals surface area contributed by atoms with Gasteiger partial charge in [0.2, 0.25) is 0 Å². The van der Waals surface area contributed by atoms with E-state index < -0.39 is 0 Å². The average molecular weight is 264 g/mol. The number of carbonyl (C=O) groups excluding carboxylic acids is 1. The molecule has 1 N–H and O–H groups in total. The maximum atomic E-state index is 12.4. The fourth-order valence-corrected chi connectivity index (χ4v) is 2.15. The minimum atomic E-state index is -0.0841. The Morgan fingerprint density at radius 3 is 2.89 bits per heavy atom. The van der Waals surface area contributed by atoms with Crippen LogP contribution in [0, 0.1) is 0 Å². The molecule has 0 unspecified atom stereocenters. The SMILES string of the molecule is CCNc1cncc(C(=O)N(C)C2CCOCC2)n1. The van der Waals surface area contributed by atoms with Crippen LogP contribution in [0.2, 0.25) is 0 Å². The highest BCUT2D eigenvalue weighted by molar-refractivity contribution is 5.92. The first kappa shape index (κ1) is 13.7. The van der Waals surface area contributed by atoms with E-state index in [-0.39, 0.29) is 11.9 Å². The average Bonchev–Trinajstić information content (AvgIpc) is 2.47. The van der Waals surface area contributed by atoms with Gasteiger partial charge in [0.15, 0.2) is 0 Å². The van der Waals surface area contributed by atoms with Crippen LogP contribution in [-0.2, 0) is 4.74 Å². The van der Waals surface area contributed by atoms with Crippen LogP contribution in [0.5, 0.6) is 0 Å². The lowest BCUT2D eigenvalue weighted by Gasteiger charge is -2.30. The first-order valence-electron chi connectivity index (χ1n) is 6.63. The van der Waals surface area contributed by atoms with Gasteiger partial charge in [-0.2, -0.15) is 0 Å². The van der Waals surface area contributed by atoms with Crippen molar-refractivity contribution in [1.29, 1.82) is 0 Å². The summed E-state index contributed by atoms with van der Waals surface area (Å²) in [6.45, 7) is 4.16. The van der Waals surface area contributed by atoms with Crippen LogP contribution in [0.3, 0.4) is 0 Å². The molecule has 2 heterocycles. The van der Waals surface area contributed by atoms with E-state index >= 15 is 0 Å². The fourth-order valence-electron chi connectivity index (χ4n) is 2.15. The van der Waals surface area contributed by atoms with Gasteiger partial charge in [0.25, 0.3) is 5.91 Å². The summed E-state index contributed by atoms with van der Waals surface area (Å²) in [5, 5.41) is 3.06. The molecule has 1 aliphatic heterocycles. The molecule has 6 heteroatoms. The topological polar surface area (TPSA) is 67.4 Å². The van der Waals surface area contributed by atoms with Gasteiger partial charge in [-0.15, -0.1) is 0 Å². The molecular formula is C13H20N4O2. The molecule has 1 aliphatic rings. The number of carbonyl (C=O) groups is 1. The van der Waals surface area contributed by atoms with E-state index in [0.29, 0.717) is 24.7 Å². The molecule has 19 heavy (non-hydrogen) atoms. The molecule has 6 nitrogen and oxygen atoms in total. The van der Waals surface area contributed by atoms with Gasteiger partial charge in [0.05, 0.1) is 12.4 Å². The Hall–Kier alpha value is -1.69. The number of nitrogens with one attached hydrogen (secondary N) is 1. The summed E-state index contributed by atoms with van der Waals surface area (Å²) >= 11 is 0. The van der Waals surface area contributed by atoms with Crippen LogP contribution in [0.1, 0.15) is 30.3 Å². The Morgan fingerprint density at radius 2 is 2.21 bits per heavy atom. The zero-order chi connectivity index (χ0) is 13.7. The number of nitrogens with zero attached hydrogens (tertiary/aromatic N) is 3. The summed E-state index contributed by atoms with van der Waals surface area (Å²) in [4.78, 5) is 22.4. The van der Waals surface area contributed by atoms with Gasteiger partial charge in [-0.25, -0.2) is 4.98 Å². The van der Waals surface area contributed by atoms with Crippen molar-refractivity contribution in [3.05, 3.63) is 18.1 Å². The normalized spacial score (nSPS) is 16.1. The van der Waals surface area contributed by atoms with Gasteiger partial charge in [0.1, 0.15) is 11.5 Å². The molecule has 0 aliphatic carbocycles. The maximum absolute atomic E-state index is 12.4. The molecule has 104 valence electrons. The van der Waals surface area contributed by atoms with Gasteiger partial charge in [-0.05, 0) is 19.8 Å². The Labute approximate surface area is 113 Å². The summed E-state index contributed by atoms with van der Waals surface area (Å²) in [6.07, 6.45) is 4.89. The third kappa shape index (κ3) is 3.41. The molecular weight excluding hydrogens is 244 g/mol. The summed E-state index contributed by atoms with van der Waals surface area (Å²) in [5.74, 6) is 0.549. The number of hydrogen-bond donors (Lipinski definition) is 1. The number of ether oxygens (including phenoxy) is 1. The third-order valence-electron chi connectivity index (χ3n) is 3.27. The number of amides is 1. The second-order valence-electron chi connectivity index (χ2n) is 4.58. The van der Waals surface area contributed by atoms with Gasteiger partial charge >= 0.3 is 0 Å². The minimum Gasteiger partial charge on any atom is -0.381 e. The van der Waals surface area contributed by atoms with Crippen LogP contribution in [-0.4, -0.2) is 53.6 Å². The second kappa shape index (κ2) is 6.47. The predicted octanol–water partition coefficient (Wildman–Crippen LogP) is 1.16. The minimum absolute atomic E-state index is 0.0841. The van der Waals surface area contributed by atoms with E-state index in [1.165, 1.54) is 6.20 Å². The molecule has 0 saturated carbocycles. The Balaban J connectivity index is 2.07. The molecule has 0 radical (unpaired) electrons. The molecule has 0 spiro atoms. The smallest absolute Gasteiger partial charge is 0.274 e. The van der Waals surface area contributed by atoms with Crippen molar-refractivity contribution >= 4 is 11.7 Å². The van der Waals surface area contributed by atoms with E-state index in [2.05, 4.69) is 15.3 Å². The summed E-state index contributed by atoms with van der Waals surface area (Å²) < 4.78 is 5.31. The summed E-state index contributed by atoms with van der Waals surface area (Å²) in [7, 11) is 1.82. The highest BCUT2D eigenvalue weighted by Crippen LogP contribution is 2.15. The number of hydrogen-bond acceptors (Lipinski definition) is 5. The summed E-state index contributed by atoms with van der Waals surface area (Å²) in [5.41, 5.74) is 0.382. The van der Waals surface area contributed by atoms with Crippen molar-refractivity contribution in [2.75, 3.05) is 32.1 Å². The van der Waals surface area contributed by atoms with Crippen molar-refractivity contribution in [3.63, 3.8) is 0 Å². The second-order valence-corrected chi connectivity index (χ2v) is 4.58. The largest absolute Gasteiger partial charge is 0.381 e. The van der Waals surface area contributed by atoms with Gasteiger partial charge < -0.3 is 15.0 Å². The van der Waals surface area contributed by atoms with Gasteiger partial charge in [-0.1, -0.05) is 0 Å². The molecule has 0 aromatic carbocycles. The fraction of sp³-hybridized carbons (Fsp3) is 0.615.